The number of hydrogen-bond acceptors (Lipinski definition) is 3. The largest absolute Gasteiger partial charge is 0.396 e. The van der Waals surface area contributed by atoms with Crippen LogP contribution < -0.4 is 5.32 Å². The molecule has 1 fully saturated rings. The van der Waals surface area contributed by atoms with E-state index in [1.807, 2.05) is 0 Å². The Bertz CT molecular complexity index is 171. The van der Waals surface area contributed by atoms with Gasteiger partial charge in [0.15, 0.2) is 0 Å². The summed E-state index contributed by atoms with van der Waals surface area (Å²) in [5.41, 5.74) is 0. The predicted molar refractivity (Wildman–Crippen MR) is 68.6 cm³/mol. The van der Waals surface area contributed by atoms with Crippen LogP contribution in [0.4, 0.5) is 0 Å². The minimum atomic E-state index is 0.290. The molecule has 1 atom stereocenters. The van der Waals surface area contributed by atoms with E-state index in [9.17, 15) is 0 Å². The van der Waals surface area contributed by atoms with E-state index in [2.05, 4.69) is 24.2 Å². The minimum Gasteiger partial charge on any atom is -0.396 e. The predicted octanol–water partition coefficient (Wildman–Crippen LogP) is 1.47. The Balaban J connectivity index is 2.16. The van der Waals surface area contributed by atoms with Gasteiger partial charge in [-0.25, -0.2) is 0 Å². The maximum Gasteiger partial charge on any atom is 0.0446 e. The SMILES string of the molecule is CCCNC(CCO)CN(C)CC1CCC1. The van der Waals surface area contributed by atoms with Crippen molar-refractivity contribution < 1.29 is 5.11 Å². The van der Waals surface area contributed by atoms with E-state index < -0.39 is 0 Å². The van der Waals surface area contributed by atoms with E-state index in [0.29, 0.717) is 12.6 Å². The number of hydrogen-bond donors (Lipinski definition) is 2. The van der Waals surface area contributed by atoms with Gasteiger partial charge in [0.1, 0.15) is 0 Å². The van der Waals surface area contributed by atoms with Gasteiger partial charge in [-0.3, -0.25) is 0 Å². The Labute approximate surface area is 100 Å². The molecular weight excluding hydrogens is 200 g/mol. The molecule has 0 saturated heterocycles. The van der Waals surface area contributed by atoms with Crippen LogP contribution in [0.3, 0.4) is 0 Å². The third-order valence-corrected chi connectivity index (χ3v) is 3.49. The van der Waals surface area contributed by atoms with Crippen molar-refractivity contribution in [1.82, 2.24) is 10.2 Å². The van der Waals surface area contributed by atoms with Crippen LogP contribution in [-0.2, 0) is 0 Å². The molecule has 0 aromatic carbocycles. The molecule has 2 N–H and O–H groups in total. The third kappa shape index (κ3) is 5.28. The summed E-state index contributed by atoms with van der Waals surface area (Å²) >= 11 is 0. The number of aliphatic hydroxyl groups excluding tert-OH is 1. The number of aliphatic hydroxyl groups is 1. The molecule has 16 heavy (non-hydrogen) atoms. The van der Waals surface area contributed by atoms with E-state index in [0.717, 1.165) is 31.8 Å². The second-order valence-electron chi connectivity index (χ2n) is 5.18. The van der Waals surface area contributed by atoms with Gasteiger partial charge in [0.2, 0.25) is 0 Å². The molecule has 1 saturated carbocycles. The van der Waals surface area contributed by atoms with Gasteiger partial charge in [-0.15, -0.1) is 0 Å². The second kappa shape index (κ2) is 8.04. The summed E-state index contributed by atoms with van der Waals surface area (Å²) in [5.74, 6) is 0.936. The molecule has 1 aliphatic carbocycles. The lowest BCUT2D eigenvalue weighted by Gasteiger charge is -2.32. The summed E-state index contributed by atoms with van der Waals surface area (Å²) in [4.78, 5) is 2.42. The highest BCUT2D eigenvalue weighted by molar-refractivity contribution is 4.76. The Morgan fingerprint density at radius 2 is 2.19 bits per heavy atom. The highest BCUT2D eigenvalue weighted by atomic mass is 16.3. The van der Waals surface area contributed by atoms with Crippen molar-refractivity contribution in [3.8, 4) is 0 Å². The summed E-state index contributed by atoms with van der Waals surface area (Å²) < 4.78 is 0. The van der Waals surface area contributed by atoms with Crippen molar-refractivity contribution in [3.63, 3.8) is 0 Å². The average Bonchev–Trinajstić information content (AvgIpc) is 2.20. The quantitative estimate of drug-likeness (QED) is 0.627. The van der Waals surface area contributed by atoms with Crippen LogP contribution in [-0.4, -0.2) is 49.3 Å². The Morgan fingerprint density at radius 3 is 2.69 bits per heavy atom. The molecule has 1 unspecified atom stereocenters. The van der Waals surface area contributed by atoms with E-state index in [1.165, 1.54) is 25.8 Å². The first-order chi connectivity index (χ1) is 7.76. The van der Waals surface area contributed by atoms with Crippen LogP contribution in [0.1, 0.15) is 39.0 Å². The van der Waals surface area contributed by atoms with Crippen LogP contribution >= 0.6 is 0 Å². The van der Waals surface area contributed by atoms with E-state index in [4.69, 9.17) is 5.11 Å². The number of nitrogens with zero attached hydrogens (tertiary/aromatic N) is 1. The van der Waals surface area contributed by atoms with E-state index in [-0.39, 0.29) is 0 Å². The normalized spacial score (nSPS) is 18.8. The molecular formula is C13H28N2O. The van der Waals surface area contributed by atoms with Gasteiger partial charge in [0, 0.05) is 25.7 Å². The van der Waals surface area contributed by atoms with Crippen molar-refractivity contribution >= 4 is 0 Å². The summed E-state index contributed by atoms with van der Waals surface area (Å²) in [6.45, 7) is 5.83. The van der Waals surface area contributed by atoms with E-state index in [1.54, 1.807) is 0 Å². The molecule has 1 rings (SSSR count). The molecule has 0 aliphatic heterocycles. The first kappa shape index (κ1) is 13.9. The number of nitrogens with one attached hydrogen (secondary N) is 1. The smallest absolute Gasteiger partial charge is 0.0446 e. The van der Waals surface area contributed by atoms with Crippen LogP contribution in [0, 0.1) is 5.92 Å². The number of likely N-dealkylation sites (N-methyl/N-ethyl adjacent to an activating group) is 1. The van der Waals surface area contributed by atoms with Crippen LogP contribution in [0.5, 0.6) is 0 Å². The summed E-state index contributed by atoms with van der Waals surface area (Å²) in [6, 6.07) is 0.454. The zero-order chi connectivity index (χ0) is 11.8. The van der Waals surface area contributed by atoms with Crippen molar-refractivity contribution in [2.45, 2.75) is 45.1 Å². The Kier molecular flexibility index (Phi) is 7.01. The fourth-order valence-electron chi connectivity index (χ4n) is 2.33. The van der Waals surface area contributed by atoms with Crippen molar-refractivity contribution in [2.24, 2.45) is 5.92 Å². The Morgan fingerprint density at radius 1 is 1.44 bits per heavy atom. The van der Waals surface area contributed by atoms with Crippen LogP contribution in [0.15, 0.2) is 0 Å². The maximum absolute atomic E-state index is 9.03. The molecule has 0 amide bonds. The average molecular weight is 228 g/mol. The molecule has 96 valence electrons. The molecule has 1 aliphatic rings. The number of rotatable bonds is 9. The van der Waals surface area contributed by atoms with Gasteiger partial charge in [-0.05, 0) is 45.2 Å². The fraction of sp³-hybridized carbons (Fsp3) is 1.00. The topological polar surface area (TPSA) is 35.5 Å². The Hall–Kier alpha value is -0.120. The summed E-state index contributed by atoms with van der Waals surface area (Å²) in [7, 11) is 2.20. The van der Waals surface area contributed by atoms with Gasteiger partial charge in [-0.2, -0.15) is 0 Å². The summed E-state index contributed by atoms with van der Waals surface area (Å²) in [6.07, 6.45) is 6.28. The van der Waals surface area contributed by atoms with Gasteiger partial charge >= 0.3 is 0 Å². The van der Waals surface area contributed by atoms with Gasteiger partial charge in [0.05, 0.1) is 0 Å². The molecule has 0 aromatic rings. The van der Waals surface area contributed by atoms with Crippen molar-refractivity contribution in [3.05, 3.63) is 0 Å². The standard InChI is InChI=1S/C13H28N2O/c1-3-8-14-13(7-9-16)11-15(2)10-12-5-4-6-12/h12-14,16H,3-11H2,1-2H3. The molecule has 0 radical (unpaired) electrons. The van der Waals surface area contributed by atoms with Crippen molar-refractivity contribution in [2.75, 3.05) is 33.3 Å². The molecule has 0 heterocycles. The van der Waals surface area contributed by atoms with E-state index >= 15 is 0 Å². The van der Waals surface area contributed by atoms with Crippen molar-refractivity contribution in [1.29, 1.82) is 0 Å². The van der Waals surface area contributed by atoms with Gasteiger partial charge in [-0.1, -0.05) is 13.3 Å². The highest BCUT2D eigenvalue weighted by Gasteiger charge is 2.20. The first-order valence-corrected chi connectivity index (χ1v) is 6.79. The van der Waals surface area contributed by atoms with Gasteiger partial charge in [0.25, 0.3) is 0 Å². The molecule has 0 spiro atoms. The van der Waals surface area contributed by atoms with Crippen LogP contribution in [0.2, 0.25) is 0 Å². The monoisotopic (exact) mass is 228 g/mol. The molecule has 3 heteroatoms. The third-order valence-electron chi connectivity index (χ3n) is 3.49. The zero-order valence-electron chi connectivity index (χ0n) is 10.9. The first-order valence-electron chi connectivity index (χ1n) is 6.79. The molecule has 3 nitrogen and oxygen atoms in total. The highest BCUT2D eigenvalue weighted by Crippen LogP contribution is 2.26. The second-order valence-corrected chi connectivity index (χ2v) is 5.18. The molecule has 0 bridgehead atoms. The van der Waals surface area contributed by atoms with Gasteiger partial charge < -0.3 is 15.3 Å². The summed E-state index contributed by atoms with van der Waals surface area (Å²) in [5, 5.41) is 12.5. The minimum absolute atomic E-state index is 0.290. The molecule has 0 aromatic heterocycles. The zero-order valence-corrected chi connectivity index (χ0v) is 10.9. The maximum atomic E-state index is 9.03. The van der Waals surface area contributed by atoms with Crippen LogP contribution in [0.25, 0.3) is 0 Å². The lowest BCUT2D eigenvalue weighted by Crippen LogP contribution is -2.42. The lowest BCUT2D eigenvalue weighted by atomic mass is 9.85. The lowest BCUT2D eigenvalue weighted by molar-refractivity contribution is 0.179. The fourth-order valence-corrected chi connectivity index (χ4v) is 2.33.